The smallest absolute Gasteiger partial charge is 0.350 e. The van der Waals surface area contributed by atoms with Gasteiger partial charge in [-0.3, -0.25) is 10.1 Å². The van der Waals surface area contributed by atoms with E-state index < -0.39 is 22.5 Å². The van der Waals surface area contributed by atoms with E-state index in [4.69, 9.17) is 9.47 Å². The van der Waals surface area contributed by atoms with E-state index >= 15 is 0 Å². The van der Waals surface area contributed by atoms with Crippen molar-refractivity contribution >= 4 is 17.6 Å². The highest BCUT2D eigenvalue weighted by molar-refractivity contribution is 5.92. The normalized spacial score (nSPS) is 10.8. The molecular weight excluding hydrogens is 266 g/mol. The van der Waals surface area contributed by atoms with Crippen molar-refractivity contribution in [3.63, 3.8) is 0 Å². The molecule has 1 rings (SSSR count). The molecule has 0 atom stereocenters. The Morgan fingerprint density at radius 2 is 1.80 bits per heavy atom. The number of nitro groups is 1. The standard InChI is InChI=1S/C13H15NO6/c1-4-19-12(16)13(2,3)20-11(15)9-5-7-10(8-6-9)14(17)18/h5-8H,4H2,1-3H3. The third-order valence-corrected chi connectivity index (χ3v) is 2.43. The summed E-state index contributed by atoms with van der Waals surface area (Å²) in [6.45, 7) is 4.64. The van der Waals surface area contributed by atoms with Crippen molar-refractivity contribution in [2.24, 2.45) is 0 Å². The first kappa shape index (κ1) is 15.6. The third-order valence-electron chi connectivity index (χ3n) is 2.43. The van der Waals surface area contributed by atoms with E-state index in [-0.39, 0.29) is 17.9 Å². The number of carbonyl (C=O) groups is 2. The molecule has 0 bridgehead atoms. The van der Waals surface area contributed by atoms with E-state index in [9.17, 15) is 19.7 Å². The summed E-state index contributed by atoms with van der Waals surface area (Å²) >= 11 is 0. The molecule has 7 heteroatoms. The largest absolute Gasteiger partial charge is 0.463 e. The summed E-state index contributed by atoms with van der Waals surface area (Å²) < 4.78 is 9.84. The topological polar surface area (TPSA) is 95.7 Å². The molecule has 0 aliphatic heterocycles. The van der Waals surface area contributed by atoms with Crippen LogP contribution >= 0.6 is 0 Å². The van der Waals surface area contributed by atoms with E-state index in [1.165, 1.54) is 38.1 Å². The Morgan fingerprint density at radius 3 is 2.25 bits per heavy atom. The summed E-state index contributed by atoms with van der Waals surface area (Å²) in [5.41, 5.74) is -1.44. The van der Waals surface area contributed by atoms with Crippen molar-refractivity contribution < 1.29 is 24.0 Å². The van der Waals surface area contributed by atoms with Gasteiger partial charge in [0.05, 0.1) is 17.1 Å². The van der Waals surface area contributed by atoms with Crippen LogP contribution in [0.3, 0.4) is 0 Å². The molecule has 0 amide bonds. The van der Waals surface area contributed by atoms with Crippen molar-refractivity contribution in [3.8, 4) is 0 Å². The van der Waals surface area contributed by atoms with Crippen LogP contribution in [0, 0.1) is 10.1 Å². The van der Waals surface area contributed by atoms with Crippen LogP contribution in [-0.2, 0) is 14.3 Å². The average Bonchev–Trinajstić information content (AvgIpc) is 2.38. The van der Waals surface area contributed by atoms with Crippen LogP contribution < -0.4 is 0 Å². The van der Waals surface area contributed by atoms with E-state index in [1.54, 1.807) is 6.92 Å². The molecule has 0 fully saturated rings. The molecule has 7 nitrogen and oxygen atoms in total. The van der Waals surface area contributed by atoms with Gasteiger partial charge < -0.3 is 9.47 Å². The second-order valence-electron chi connectivity index (χ2n) is 4.42. The Balaban J connectivity index is 2.80. The highest BCUT2D eigenvalue weighted by Crippen LogP contribution is 2.17. The third kappa shape index (κ3) is 3.78. The van der Waals surface area contributed by atoms with Gasteiger partial charge in [-0.05, 0) is 32.9 Å². The van der Waals surface area contributed by atoms with Crippen molar-refractivity contribution in [2.75, 3.05) is 6.61 Å². The summed E-state index contributed by atoms with van der Waals surface area (Å²) in [6.07, 6.45) is 0. The zero-order chi connectivity index (χ0) is 15.3. The number of hydrogen-bond donors (Lipinski definition) is 0. The second kappa shape index (κ2) is 6.14. The zero-order valence-corrected chi connectivity index (χ0v) is 11.4. The van der Waals surface area contributed by atoms with Gasteiger partial charge in [-0.1, -0.05) is 0 Å². The monoisotopic (exact) mass is 281 g/mol. The SMILES string of the molecule is CCOC(=O)C(C)(C)OC(=O)c1ccc([N+](=O)[O-])cc1. The number of non-ortho nitro benzene ring substituents is 1. The van der Waals surface area contributed by atoms with E-state index in [0.717, 1.165) is 0 Å². The molecule has 20 heavy (non-hydrogen) atoms. The molecule has 0 saturated carbocycles. The molecule has 0 spiro atoms. The molecule has 0 aromatic heterocycles. The summed E-state index contributed by atoms with van der Waals surface area (Å²) in [7, 11) is 0. The maximum atomic E-state index is 11.9. The first-order valence-corrected chi connectivity index (χ1v) is 5.93. The van der Waals surface area contributed by atoms with E-state index in [0.29, 0.717) is 0 Å². The van der Waals surface area contributed by atoms with Crippen LogP contribution in [0.1, 0.15) is 31.1 Å². The van der Waals surface area contributed by atoms with Crippen molar-refractivity contribution in [2.45, 2.75) is 26.4 Å². The molecule has 1 aromatic carbocycles. The molecule has 0 saturated heterocycles. The summed E-state index contributed by atoms with van der Waals surface area (Å²) in [4.78, 5) is 33.4. The minimum Gasteiger partial charge on any atom is -0.463 e. The van der Waals surface area contributed by atoms with E-state index in [2.05, 4.69) is 0 Å². The molecule has 0 aliphatic carbocycles. The molecule has 108 valence electrons. The van der Waals surface area contributed by atoms with Crippen LogP contribution in [0.4, 0.5) is 5.69 Å². The summed E-state index contributed by atoms with van der Waals surface area (Å²) in [6, 6.07) is 4.91. The van der Waals surface area contributed by atoms with Gasteiger partial charge in [-0.2, -0.15) is 0 Å². The van der Waals surface area contributed by atoms with Gasteiger partial charge in [0.25, 0.3) is 5.69 Å². The fourth-order valence-electron chi connectivity index (χ4n) is 1.36. The fourth-order valence-corrected chi connectivity index (χ4v) is 1.36. The lowest BCUT2D eigenvalue weighted by molar-refractivity contribution is -0.384. The van der Waals surface area contributed by atoms with Crippen LogP contribution in [-0.4, -0.2) is 29.1 Å². The van der Waals surface area contributed by atoms with Crippen LogP contribution in [0.2, 0.25) is 0 Å². The predicted molar refractivity (Wildman–Crippen MR) is 69.2 cm³/mol. The van der Waals surface area contributed by atoms with Crippen LogP contribution in [0.25, 0.3) is 0 Å². The Labute approximate surface area is 115 Å². The number of hydrogen-bond acceptors (Lipinski definition) is 6. The molecule has 0 N–H and O–H groups in total. The number of nitro benzene ring substituents is 1. The summed E-state index contributed by atoms with van der Waals surface area (Å²) in [5.74, 6) is -1.41. The maximum Gasteiger partial charge on any atom is 0.350 e. The lowest BCUT2D eigenvalue weighted by Gasteiger charge is -2.22. The maximum absolute atomic E-state index is 11.9. The van der Waals surface area contributed by atoms with Gasteiger partial charge in [-0.15, -0.1) is 0 Å². The van der Waals surface area contributed by atoms with Gasteiger partial charge >= 0.3 is 11.9 Å². The van der Waals surface area contributed by atoms with Crippen molar-refractivity contribution in [3.05, 3.63) is 39.9 Å². The number of nitrogens with zero attached hydrogens (tertiary/aromatic N) is 1. The number of esters is 2. The van der Waals surface area contributed by atoms with Crippen molar-refractivity contribution in [1.82, 2.24) is 0 Å². The first-order valence-electron chi connectivity index (χ1n) is 5.93. The Bertz CT molecular complexity index is 520. The molecule has 0 aliphatic rings. The average molecular weight is 281 g/mol. The molecule has 0 radical (unpaired) electrons. The van der Waals surface area contributed by atoms with Gasteiger partial charge in [0.2, 0.25) is 5.60 Å². The van der Waals surface area contributed by atoms with Gasteiger partial charge in [0.15, 0.2) is 0 Å². The summed E-state index contributed by atoms with van der Waals surface area (Å²) in [5, 5.41) is 10.5. The molecule has 0 heterocycles. The second-order valence-corrected chi connectivity index (χ2v) is 4.42. The number of carbonyl (C=O) groups excluding carboxylic acids is 2. The fraction of sp³-hybridized carbons (Fsp3) is 0.385. The highest BCUT2D eigenvalue weighted by atomic mass is 16.6. The Morgan fingerprint density at radius 1 is 1.25 bits per heavy atom. The lowest BCUT2D eigenvalue weighted by atomic mass is 10.1. The van der Waals surface area contributed by atoms with Gasteiger partial charge in [0, 0.05) is 12.1 Å². The van der Waals surface area contributed by atoms with Crippen molar-refractivity contribution in [1.29, 1.82) is 0 Å². The minimum atomic E-state index is -1.42. The Kier molecular flexibility index (Phi) is 4.79. The lowest BCUT2D eigenvalue weighted by Crippen LogP contribution is -2.38. The predicted octanol–water partition coefficient (Wildman–Crippen LogP) is 2.09. The molecule has 0 unspecified atom stereocenters. The quantitative estimate of drug-likeness (QED) is 0.466. The molecule has 1 aromatic rings. The number of ether oxygens (including phenoxy) is 2. The van der Waals surface area contributed by atoms with Crippen LogP contribution in [0.5, 0.6) is 0 Å². The van der Waals surface area contributed by atoms with Gasteiger partial charge in [-0.25, -0.2) is 9.59 Å². The highest BCUT2D eigenvalue weighted by Gasteiger charge is 2.34. The van der Waals surface area contributed by atoms with E-state index in [1.807, 2.05) is 0 Å². The number of benzene rings is 1. The van der Waals surface area contributed by atoms with Crippen LogP contribution in [0.15, 0.2) is 24.3 Å². The minimum absolute atomic E-state index is 0.118. The Hall–Kier alpha value is -2.44. The van der Waals surface area contributed by atoms with Gasteiger partial charge in [0.1, 0.15) is 0 Å². The zero-order valence-electron chi connectivity index (χ0n) is 11.4. The first-order chi connectivity index (χ1) is 9.27. The number of rotatable bonds is 5. The molecular formula is C13H15NO6.